The van der Waals surface area contributed by atoms with E-state index < -0.39 is 10.0 Å². The number of hydrogen-bond donors (Lipinski definition) is 3. The van der Waals surface area contributed by atoms with E-state index in [1.807, 2.05) is 0 Å². The molecular weight excluding hydrogens is 310 g/mol. The minimum Gasteiger partial charge on any atom is -0.316 e. The monoisotopic (exact) mass is 327 g/mol. The Balaban J connectivity index is 1.85. The zero-order valence-electron chi connectivity index (χ0n) is 11.6. The molecule has 1 aliphatic rings. The maximum absolute atomic E-state index is 12.4. The Hall–Kier alpha value is -1.45. The standard InChI is InChI=1S/C12H17N5O2S2/c1-13-6-8-7-14-16-11(8)21(18,19)17-12-15-9-4-2-3-5-10(9)20-12/h7,13H,2-6H2,1H3,(H,14,16)(H,15,17). The number of fused-ring (bicyclic) bond motifs is 1. The lowest BCUT2D eigenvalue weighted by Crippen LogP contribution is -2.17. The number of H-pyrrole nitrogens is 1. The second kappa shape index (κ2) is 5.74. The molecule has 0 saturated heterocycles. The number of sulfonamides is 1. The molecular formula is C12H17N5O2S2. The minimum atomic E-state index is -3.68. The van der Waals surface area contributed by atoms with Crippen molar-refractivity contribution in [1.29, 1.82) is 0 Å². The van der Waals surface area contributed by atoms with Crippen molar-refractivity contribution in [3.8, 4) is 0 Å². The zero-order valence-corrected chi connectivity index (χ0v) is 13.3. The second-order valence-corrected chi connectivity index (χ2v) is 7.66. The highest BCUT2D eigenvalue weighted by molar-refractivity contribution is 7.92. The first-order valence-electron chi connectivity index (χ1n) is 6.78. The van der Waals surface area contributed by atoms with Crippen molar-refractivity contribution in [3.63, 3.8) is 0 Å². The lowest BCUT2D eigenvalue weighted by Gasteiger charge is -2.06. The van der Waals surface area contributed by atoms with E-state index in [9.17, 15) is 8.42 Å². The maximum atomic E-state index is 12.4. The molecule has 0 spiro atoms. The number of aromatic nitrogens is 3. The molecule has 2 aromatic heterocycles. The summed E-state index contributed by atoms with van der Waals surface area (Å²) in [7, 11) is -1.93. The van der Waals surface area contributed by atoms with Crippen LogP contribution in [0.2, 0.25) is 0 Å². The van der Waals surface area contributed by atoms with Gasteiger partial charge in [0.2, 0.25) is 0 Å². The quantitative estimate of drug-likeness (QED) is 0.768. The molecule has 0 aromatic carbocycles. The summed E-state index contributed by atoms with van der Waals surface area (Å²) in [5, 5.41) is 9.81. The first-order valence-corrected chi connectivity index (χ1v) is 9.08. The first kappa shape index (κ1) is 14.5. The molecule has 3 N–H and O–H groups in total. The average molecular weight is 327 g/mol. The van der Waals surface area contributed by atoms with Gasteiger partial charge in [-0.2, -0.15) is 13.5 Å². The Kier molecular flexibility index (Phi) is 3.96. The summed E-state index contributed by atoms with van der Waals surface area (Å²) < 4.78 is 27.4. The second-order valence-electron chi connectivity index (χ2n) is 4.96. The van der Waals surface area contributed by atoms with Gasteiger partial charge in [-0.1, -0.05) is 0 Å². The van der Waals surface area contributed by atoms with Gasteiger partial charge >= 0.3 is 0 Å². The van der Waals surface area contributed by atoms with Crippen LogP contribution in [-0.4, -0.2) is 30.6 Å². The predicted octanol–water partition coefficient (Wildman–Crippen LogP) is 1.27. The third kappa shape index (κ3) is 2.94. The summed E-state index contributed by atoms with van der Waals surface area (Å²) >= 11 is 1.43. The van der Waals surface area contributed by atoms with Gasteiger partial charge in [-0.05, 0) is 32.7 Å². The van der Waals surface area contributed by atoms with Crippen molar-refractivity contribution in [2.24, 2.45) is 0 Å². The highest BCUT2D eigenvalue weighted by atomic mass is 32.2. The van der Waals surface area contributed by atoms with Crippen LogP contribution in [0.3, 0.4) is 0 Å². The van der Waals surface area contributed by atoms with Gasteiger partial charge in [0.25, 0.3) is 10.0 Å². The summed E-state index contributed by atoms with van der Waals surface area (Å²) in [4.78, 5) is 5.59. The van der Waals surface area contributed by atoms with E-state index >= 15 is 0 Å². The lowest BCUT2D eigenvalue weighted by atomic mass is 10.0. The molecule has 0 aliphatic heterocycles. The SMILES string of the molecule is CNCc1cn[nH]c1S(=O)(=O)Nc1nc2c(s1)CCCC2. The van der Waals surface area contributed by atoms with Crippen molar-refractivity contribution in [2.45, 2.75) is 37.3 Å². The van der Waals surface area contributed by atoms with E-state index in [-0.39, 0.29) is 5.03 Å². The Morgan fingerprint density at radius 3 is 2.95 bits per heavy atom. The van der Waals surface area contributed by atoms with Gasteiger partial charge in [0.05, 0.1) is 11.9 Å². The van der Waals surface area contributed by atoms with Crippen molar-refractivity contribution in [1.82, 2.24) is 20.5 Å². The van der Waals surface area contributed by atoms with Crippen LogP contribution in [0, 0.1) is 0 Å². The van der Waals surface area contributed by atoms with Crippen LogP contribution in [0.15, 0.2) is 11.2 Å². The molecule has 114 valence electrons. The average Bonchev–Trinajstić information content (AvgIpc) is 3.04. The van der Waals surface area contributed by atoms with E-state index in [2.05, 4.69) is 25.2 Å². The van der Waals surface area contributed by atoms with Crippen LogP contribution in [-0.2, 0) is 29.4 Å². The van der Waals surface area contributed by atoms with E-state index in [4.69, 9.17) is 0 Å². The Morgan fingerprint density at radius 1 is 1.38 bits per heavy atom. The fourth-order valence-electron chi connectivity index (χ4n) is 2.41. The molecule has 3 rings (SSSR count). The normalized spacial score (nSPS) is 14.9. The lowest BCUT2D eigenvalue weighted by molar-refractivity contribution is 0.595. The first-order chi connectivity index (χ1) is 10.1. The molecule has 0 atom stereocenters. The van der Waals surface area contributed by atoms with Crippen molar-refractivity contribution >= 4 is 26.5 Å². The van der Waals surface area contributed by atoms with Gasteiger partial charge in [0.1, 0.15) is 0 Å². The number of nitrogens with one attached hydrogen (secondary N) is 3. The third-order valence-electron chi connectivity index (χ3n) is 3.38. The zero-order chi connectivity index (χ0) is 14.9. The number of rotatable bonds is 5. The van der Waals surface area contributed by atoms with Crippen LogP contribution < -0.4 is 10.0 Å². The molecule has 9 heteroatoms. The van der Waals surface area contributed by atoms with Gasteiger partial charge < -0.3 is 5.32 Å². The molecule has 0 radical (unpaired) electrons. The number of aryl methyl sites for hydroxylation is 2. The number of hydrogen-bond acceptors (Lipinski definition) is 6. The molecule has 1 aliphatic carbocycles. The molecule has 21 heavy (non-hydrogen) atoms. The van der Waals surface area contributed by atoms with E-state index in [0.717, 1.165) is 31.4 Å². The largest absolute Gasteiger partial charge is 0.316 e. The summed E-state index contributed by atoms with van der Waals surface area (Å²) in [6.45, 7) is 0.432. The summed E-state index contributed by atoms with van der Waals surface area (Å²) in [6.07, 6.45) is 5.70. The smallest absolute Gasteiger partial charge is 0.280 e. The molecule has 2 aromatic rings. The topological polar surface area (TPSA) is 99.8 Å². The van der Waals surface area contributed by atoms with Crippen LogP contribution in [0.5, 0.6) is 0 Å². The third-order valence-corrected chi connectivity index (χ3v) is 5.94. The molecule has 2 heterocycles. The fourth-order valence-corrected chi connectivity index (χ4v) is 4.83. The molecule has 0 amide bonds. The Morgan fingerprint density at radius 2 is 2.19 bits per heavy atom. The Bertz CT molecular complexity index is 711. The van der Waals surface area contributed by atoms with Crippen molar-refractivity contribution in [3.05, 3.63) is 22.3 Å². The number of aromatic amines is 1. The van der Waals surface area contributed by atoms with E-state index in [1.165, 1.54) is 22.4 Å². The van der Waals surface area contributed by atoms with Gasteiger partial charge in [-0.25, -0.2) is 4.98 Å². The van der Waals surface area contributed by atoms with Gasteiger partial charge in [-0.3, -0.25) is 9.82 Å². The van der Waals surface area contributed by atoms with Crippen molar-refractivity contribution < 1.29 is 8.42 Å². The summed E-state index contributed by atoms with van der Waals surface area (Å²) in [5.74, 6) is 0. The summed E-state index contributed by atoms with van der Waals surface area (Å²) in [5.41, 5.74) is 1.63. The Labute approximate surface area is 127 Å². The van der Waals surface area contributed by atoms with Crippen molar-refractivity contribution in [2.75, 3.05) is 11.8 Å². The van der Waals surface area contributed by atoms with Gasteiger partial charge in [-0.15, -0.1) is 11.3 Å². The van der Waals surface area contributed by atoms with Crippen LogP contribution in [0.1, 0.15) is 29.0 Å². The summed E-state index contributed by atoms with van der Waals surface area (Å²) in [6, 6.07) is 0. The molecule has 0 saturated carbocycles. The molecule has 7 nitrogen and oxygen atoms in total. The predicted molar refractivity (Wildman–Crippen MR) is 80.9 cm³/mol. The van der Waals surface area contributed by atoms with Crippen LogP contribution in [0.25, 0.3) is 0 Å². The van der Waals surface area contributed by atoms with Crippen LogP contribution >= 0.6 is 11.3 Å². The van der Waals surface area contributed by atoms with E-state index in [0.29, 0.717) is 17.2 Å². The molecule has 0 unspecified atom stereocenters. The molecule has 0 bridgehead atoms. The highest BCUT2D eigenvalue weighted by Gasteiger charge is 2.23. The van der Waals surface area contributed by atoms with E-state index in [1.54, 1.807) is 7.05 Å². The highest BCUT2D eigenvalue weighted by Crippen LogP contribution is 2.30. The maximum Gasteiger partial charge on any atom is 0.280 e. The minimum absolute atomic E-state index is 0.0880. The van der Waals surface area contributed by atoms with Gasteiger partial charge in [0.15, 0.2) is 10.2 Å². The van der Waals surface area contributed by atoms with Crippen LogP contribution in [0.4, 0.5) is 5.13 Å². The number of thiazole rings is 1. The molecule has 0 fully saturated rings. The van der Waals surface area contributed by atoms with Gasteiger partial charge in [0, 0.05) is 17.0 Å². The fraction of sp³-hybridized carbons (Fsp3) is 0.500. The number of anilines is 1. The number of nitrogens with zero attached hydrogens (tertiary/aromatic N) is 2.